The van der Waals surface area contributed by atoms with Crippen molar-refractivity contribution in [2.24, 2.45) is 0 Å². The van der Waals surface area contributed by atoms with Gasteiger partial charge in [-0.05, 0) is 18.6 Å². The number of hydrogen-bond donors (Lipinski definition) is 1. The van der Waals surface area contributed by atoms with Gasteiger partial charge in [0.2, 0.25) is 5.95 Å². The molecule has 1 aromatic carbocycles. The summed E-state index contributed by atoms with van der Waals surface area (Å²) in [5.74, 6) is 0.684. The molecular weight excluding hydrogens is 268 g/mol. The van der Waals surface area contributed by atoms with Crippen molar-refractivity contribution in [3.05, 3.63) is 30.6 Å². The van der Waals surface area contributed by atoms with E-state index in [-0.39, 0.29) is 11.5 Å². The Balaban J connectivity index is 1.81. The number of anilines is 2. The van der Waals surface area contributed by atoms with Crippen molar-refractivity contribution in [1.29, 1.82) is 0 Å². The van der Waals surface area contributed by atoms with Crippen LogP contribution < -0.4 is 14.8 Å². The number of ether oxygens (including phenoxy) is 2. The van der Waals surface area contributed by atoms with Crippen LogP contribution in [0.2, 0.25) is 0 Å². The molecular formula is C13H13F2N3O2. The molecule has 0 radical (unpaired) electrons. The molecule has 0 aliphatic carbocycles. The minimum atomic E-state index is -3.60. The predicted molar refractivity (Wildman–Crippen MR) is 68.4 cm³/mol. The maximum absolute atomic E-state index is 12.9. The second-order valence-electron chi connectivity index (χ2n) is 4.40. The molecule has 0 saturated heterocycles. The van der Waals surface area contributed by atoms with E-state index in [1.54, 1.807) is 12.3 Å². The van der Waals surface area contributed by atoms with Gasteiger partial charge in [-0.2, -0.15) is 0 Å². The zero-order valence-electron chi connectivity index (χ0n) is 10.8. The van der Waals surface area contributed by atoms with Gasteiger partial charge in [-0.15, -0.1) is 8.78 Å². The van der Waals surface area contributed by atoms with Crippen molar-refractivity contribution in [3.8, 4) is 11.5 Å². The third-order valence-electron chi connectivity index (χ3n) is 2.84. The summed E-state index contributed by atoms with van der Waals surface area (Å²) in [7, 11) is 0. The Morgan fingerprint density at radius 3 is 2.90 bits per heavy atom. The van der Waals surface area contributed by atoms with Gasteiger partial charge in [0.1, 0.15) is 0 Å². The first kappa shape index (κ1) is 12.7. The summed E-state index contributed by atoms with van der Waals surface area (Å²) in [5.41, 5.74) is 0.605. The van der Waals surface area contributed by atoms with Crippen molar-refractivity contribution in [2.45, 2.75) is 26.2 Å². The molecule has 7 heteroatoms. The quantitative estimate of drug-likeness (QED) is 0.933. The summed E-state index contributed by atoms with van der Waals surface area (Å²) in [6.07, 6.45) is 0.909. The standard InChI is InChI=1S/C13H13F2N3O2/c1-2-6-18-7-5-16-12(18)17-9-3-4-10-11(8-9)20-13(14,15)19-10/h3-5,7-8H,2,6H2,1H3,(H,16,17). The van der Waals surface area contributed by atoms with Gasteiger partial charge in [-0.25, -0.2) is 4.98 Å². The van der Waals surface area contributed by atoms with Crippen LogP contribution in [0.5, 0.6) is 11.5 Å². The number of imidazole rings is 1. The van der Waals surface area contributed by atoms with E-state index < -0.39 is 6.29 Å². The number of nitrogens with zero attached hydrogens (tertiary/aromatic N) is 2. The summed E-state index contributed by atoms with van der Waals surface area (Å²) in [5, 5.41) is 3.07. The van der Waals surface area contributed by atoms with Gasteiger partial charge in [-0.1, -0.05) is 6.92 Å². The Kier molecular flexibility index (Phi) is 2.96. The normalized spacial score (nSPS) is 15.3. The van der Waals surface area contributed by atoms with Crippen molar-refractivity contribution in [1.82, 2.24) is 9.55 Å². The third-order valence-corrected chi connectivity index (χ3v) is 2.84. The fourth-order valence-electron chi connectivity index (χ4n) is 2.01. The summed E-state index contributed by atoms with van der Waals surface area (Å²) in [4.78, 5) is 4.18. The fraction of sp³-hybridized carbons (Fsp3) is 0.308. The van der Waals surface area contributed by atoms with Crippen LogP contribution in [0.3, 0.4) is 0 Å². The fourth-order valence-corrected chi connectivity index (χ4v) is 2.01. The summed E-state index contributed by atoms with van der Waals surface area (Å²) < 4.78 is 36.6. The number of aromatic nitrogens is 2. The molecule has 3 rings (SSSR count). The second-order valence-corrected chi connectivity index (χ2v) is 4.40. The minimum Gasteiger partial charge on any atom is -0.395 e. The van der Waals surface area contributed by atoms with E-state index in [1.165, 1.54) is 12.1 Å². The molecule has 0 atom stereocenters. The van der Waals surface area contributed by atoms with E-state index in [9.17, 15) is 8.78 Å². The highest BCUT2D eigenvalue weighted by Crippen LogP contribution is 2.42. The zero-order valence-corrected chi connectivity index (χ0v) is 10.8. The van der Waals surface area contributed by atoms with Crippen LogP contribution in [-0.4, -0.2) is 15.8 Å². The average Bonchev–Trinajstić information content (AvgIpc) is 2.92. The maximum atomic E-state index is 12.9. The molecule has 1 aromatic heterocycles. The van der Waals surface area contributed by atoms with Crippen molar-refractivity contribution in [3.63, 3.8) is 0 Å². The number of halogens is 2. The van der Waals surface area contributed by atoms with E-state index in [0.29, 0.717) is 11.6 Å². The van der Waals surface area contributed by atoms with E-state index in [1.807, 2.05) is 10.8 Å². The molecule has 0 bridgehead atoms. The minimum absolute atomic E-state index is 0.00796. The van der Waals surface area contributed by atoms with Gasteiger partial charge in [0.25, 0.3) is 0 Å². The molecule has 2 aromatic rings. The van der Waals surface area contributed by atoms with Gasteiger partial charge >= 0.3 is 6.29 Å². The SMILES string of the molecule is CCCn1ccnc1Nc1ccc2c(c1)OC(F)(F)O2. The Hall–Kier alpha value is -2.31. The zero-order chi connectivity index (χ0) is 14.2. The number of benzene rings is 1. The number of fused-ring (bicyclic) bond motifs is 1. The number of hydrogen-bond acceptors (Lipinski definition) is 4. The van der Waals surface area contributed by atoms with E-state index in [0.717, 1.165) is 13.0 Å². The number of alkyl halides is 2. The Morgan fingerprint density at radius 1 is 1.30 bits per heavy atom. The van der Waals surface area contributed by atoms with Crippen molar-refractivity contribution < 1.29 is 18.3 Å². The molecule has 0 amide bonds. The lowest BCUT2D eigenvalue weighted by Gasteiger charge is -2.09. The van der Waals surface area contributed by atoms with Crippen LogP contribution in [0.15, 0.2) is 30.6 Å². The molecule has 0 unspecified atom stereocenters. The van der Waals surface area contributed by atoms with E-state index in [4.69, 9.17) is 0 Å². The van der Waals surface area contributed by atoms with Gasteiger partial charge in [0.15, 0.2) is 11.5 Å². The van der Waals surface area contributed by atoms with Crippen molar-refractivity contribution >= 4 is 11.6 Å². The lowest BCUT2D eigenvalue weighted by Crippen LogP contribution is -2.25. The largest absolute Gasteiger partial charge is 0.586 e. The van der Waals surface area contributed by atoms with Gasteiger partial charge in [0, 0.05) is 30.7 Å². The lowest BCUT2D eigenvalue weighted by atomic mass is 10.3. The summed E-state index contributed by atoms with van der Waals surface area (Å²) in [6, 6.07) is 4.53. The predicted octanol–water partition coefficient (Wildman–Crippen LogP) is 3.36. The molecule has 1 aliphatic heterocycles. The molecule has 0 fully saturated rings. The number of rotatable bonds is 4. The molecule has 1 N–H and O–H groups in total. The van der Waals surface area contributed by atoms with Crippen LogP contribution in [0.4, 0.5) is 20.4 Å². The molecule has 20 heavy (non-hydrogen) atoms. The van der Waals surface area contributed by atoms with E-state index in [2.05, 4.69) is 26.7 Å². The number of aryl methyl sites for hydroxylation is 1. The molecule has 106 valence electrons. The van der Waals surface area contributed by atoms with Crippen LogP contribution >= 0.6 is 0 Å². The number of nitrogens with one attached hydrogen (secondary N) is 1. The van der Waals surface area contributed by atoms with Crippen LogP contribution in [0, 0.1) is 0 Å². The Labute approximate surface area is 114 Å². The van der Waals surface area contributed by atoms with Crippen LogP contribution in [0.25, 0.3) is 0 Å². The summed E-state index contributed by atoms with van der Waals surface area (Å²) in [6.45, 7) is 2.89. The van der Waals surface area contributed by atoms with Gasteiger partial charge < -0.3 is 19.4 Å². The van der Waals surface area contributed by atoms with Gasteiger partial charge in [0.05, 0.1) is 0 Å². The maximum Gasteiger partial charge on any atom is 0.586 e. The molecule has 2 heterocycles. The highest BCUT2D eigenvalue weighted by molar-refractivity contribution is 5.60. The first-order chi connectivity index (χ1) is 9.57. The lowest BCUT2D eigenvalue weighted by molar-refractivity contribution is -0.286. The van der Waals surface area contributed by atoms with Crippen molar-refractivity contribution in [2.75, 3.05) is 5.32 Å². The molecule has 0 saturated carbocycles. The van der Waals surface area contributed by atoms with Crippen LogP contribution in [0.1, 0.15) is 13.3 Å². The third kappa shape index (κ3) is 2.38. The average molecular weight is 281 g/mol. The Morgan fingerprint density at radius 2 is 2.10 bits per heavy atom. The molecule has 1 aliphatic rings. The Bertz CT molecular complexity index is 628. The topological polar surface area (TPSA) is 48.3 Å². The first-order valence-corrected chi connectivity index (χ1v) is 6.25. The molecule has 5 nitrogen and oxygen atoms in total. The van der Waals surface area contributed by atoms with Crippen LogP contribution in [-0.2, 0) is 6.54 Å². The summed E-state index contributed by atoms with van der Waals surface area (Å²) >= 11 is 0. The van der Waals surface area contributed by atoms with Gasteiger partial charge in [-0.3, -0.25) is 0 Å². The van der Waals surface area contributed by atoms with E-state index >= 15 is 0 Å². The molecule has 0 spiro atoms. The smallest absolute Gasteiger partial charge is 0.395 e. The first-order valence-electron chi connectivity index (χ1n) is 6.25. The second kappa shape index (κ2) is 4.66. The monoisotopic (exact) mass is 281 g/mol. The highest BCUT2D eigenvalue weighted by atomic mass is 19.3. The highest BCUT2D eigenvalue weighted by Gasteiger charge is 2.43.